The number of carbonyl (C=O) groups excluding carboxylic acids is 2. The SMILES string of the molecule is CC(=O)N1CCc2ccc(NC(=O)c3cc(Cl)ccc3[N+](=O)[O-])cc2C1. The summed E-state index contributed by atoms with van der Waals surface area (Å²) in [5.74, 6) is -0.613. The van der Waals surface area contributed by atoms with Gasteiger partial charge in [-0.3, -0.25) is 19.7 Å². The van der Waals surface area contributed by atoms with Crippen molar-refractivity contribution in [2.24, 2.45) is 0 Å². The van der Waals surface area contributed by atoms with Crippen molar-refractivity contribution in [2.75, 3.05) is 11.9 Å². The molecular formula is C18H16ClN3O4. The van der Waals surface area contributed by atoms with Crippen molar-refractivity contribution in [3.63, 3.8) is 0 Å². The van der Waals surface area contributed by atoms with Crippen LogP contribution in [0.2, 0.25) is 5.02 Å². The molecule has 0 unspecified atom stereocenters. The third-order valence-electron chi connectivity index (χ3n) is 4.32. The third kappa shape index (κ3) is 3.67. The lowest BCUT2D eigenvalue weighted by Gasteiger charge is -2.28. The van der Waals surface area contributed by atoms with Crippen LogP contribution in [0.15, 0.2) is 36.4 Å². The van der Waals surface area contributed by atoms with Gasteiger partial charge in [-0.05, 0) is 41.8 Å². The molecule has 2 amide bonds. The van der Waals surface area contributed by atoms with Crippen molar-refractivity contribution in [3.05, 3.63) is 68.2 Å². The van der Waals surface area contributed by atoms with Gasteiger partial charge in [0.05, 0.1) is 4.92 Å². The topological polar surface area (TPSA) is 92.6 Å². The van der Waals surface area contributed by atoms with Gasteiger partial charge in [0.15, 0.2) is 0 Å². The largest absolute Gasteiger partial charge is 0.338 e. The summed E-state index contributed by atoms with van der Waals surface area (Å²) in [7, 11) is 0. The molecule has 1 heterocycles. The van der Waals surface area contributed by atoms with Gasteiger partial charge in [-0.15, -0.1) is 0 Å². The van der Waals surface area contributed by atoms with Crippen LogP contribution >= 0.6 is 11.6 Å². The molecule has 0 radical (unpaired) electrons. The number of nitro groups is 1. The third-order valence-corrected chi connectivity index (χ3v) is 4.56. The summed E-state index contributed by atoms with van der Waals surface area (Å²) in [6.45, 7) is 2.67. The number of halogens is 1. The fourth-order valence-corrected chi connectivity index (χ4v) is 3.12. The van der Waals surface area contributed by atoms with Crippen LogP contribution in [0.5, 0.6) is 0 Å². The Labute approximate surface area is 154 Å². The number of benzene rings is 2. The number of anilines is 1. The normalized spacial score (nSPS) is 13.1. The van der Waals surface area contributed by atoms with Crippen LogP contribution in [-0.2, 0) is 17.8 Å². The number of rotatable bonds is 3. The van der Waals surface area contributed by atoms with Crippen LogP contribution in [0.3, 0.4) is 0 Å². The van der Waals surface area contributed by atoms with E-state index in [1.165, 1.54) is 25.1 Å². The Morgan fingerprint density at radius 1 is 1.19 bits per heavy atom. The standard InChI is InChI=1S/C18H16ClN3O4/c1-11(23)21-7-6-12-2-4-15(8-13(12)10-21)20-18(24)16-9-14(19)3-5-17(16)22(25)26/h2-5,8-9H,6-7,10H2,1H3,(H,20,24). The van der Waals surface area contributed by atoms with Crippen LogP contribution in [0.25, 0.3) is 0 Å². The maximum absolute atomic E-state index is 12.5. The molecule has 7 nitrogen and oxygen atoms in total. The Bertz CT molecular complexity index is 913. The highest BCUT2D eigenvalue weighted by Crippen LogP contribution is 2.26. The van der Waals surface area contributed by atoms with Gasteiger partial charge < -0.3 is 10.2 Å². The number of amides is 2. The van der Waals surface area contributed by atoms with E-state index in [1.807, 2.05) is 6.07 Å². The summed E-state index contributed by atoms with van der Waals surface area (Å²) in [5, 5.41) is 14.0. The van der Waals surface area contributed by atoms with Crippen molar-refractivity contribution < 1.29 is 14.5 Å². The molecule has 2 aromatic carbocycles. The molecule has 0 saturated heterocycles. The monoisotopic (exact) mass is 373 g/mol. The zero-order valence-electron chi connectivity index (χ0n) is 14.0. The van der Waals surface area contributed by atoms with Crippen molar-refractivity contribution in [1.29, 1.82) is 0 Å². The highest BCUT2D eigenvalue weighted by Gasteiger charge is 2.22. The van der Waals surface area contributed by atoms with E-state index in [0.717, 1.165) is 17.5 Å². The van der Waals surface area contributed by atoms with Gasteiger partial charge in [-0.2, -0.15) is 0 Å². The van der Waals surface area contributed by atoms with E-state index < -0.39 is 10.8 Å². The number of carbonyl (C=O) groups is 2. The van der Waals surface area contributed by atoms with Gasteiger partial charge in [0.1, 0.15) is 5.56 Å². The minimum absolute atomic E-state index is 0.000333. The summed E-state index contributed by atoms with van der Waals surface area (Å²) in [4.78, 5) is 36.3. The van der Waals surface area contributed by atoms with Gasteiger partial charge >= 0.3 is 0 Å². The molecule has 0 atom stereocenters. The Morgan fingerprint density at radius 3 is 2.65 bits per heavy atom. The summed E-state index contributed by atoms with van der Waals surface area (Å²) >= 11 is 5.87. The molecule has 26 heavy (non-hydrogen) atoms. The molecule has 1 aliphatic rings. The summed E-state index contributed by atoms with van der Waals surface area (Å²) < 4.78 is 0. The smallest absolute Gasteiger partial charge is 0.282 e. The van der Waals surface area contributed by atoms with Crippen molar-refractivity contribution >= 4 is 34.8 Å². The Balaban J connectivity index is 1.85. The van der Waals surface area contributed by atoms with E-state index in [2.05, 4.69) is 5.32 Å². The molecule has 134 valence electrons. The van der Waals surface area contributed by atoms with Gasteiger partial charge in [-0.25, -0.2) is 0 Å². The second-order valence-electron chi connectivity index (χ2n) is 6.05. The fraction of sp³-hybridized carbons (Fsp3) is 0.222. The van der Waals surface area contributed by atoms with Crippen LogP contribution < -0.4 is 5.32 Å². The van der Waals surface area contributed by atoms with Gasteiger partial charge in [-0.1, -0.05) is 17.7 Å². The lowest BCUT2D eigenvalue weighted by atomic mass is 9.99. The summed E-state index contributed by atoms with van der Waals surface area (Å²) in [5.41, 5.74) is 2.16. The lowest BCUT2D eigenvalue weighted by Crippen LogP contribution is -2.34. The highest BCUT2D eigenvalue weighted by atomic mass is 35.5. The molecule has 8 heteroatoms. The maximum atomic E-state index is 12.5. The Morgan fingerprint density at radius 2 is 1.96 bits per heavy atom. The molecule has 0 fully saturated rings. The first-order valence-electron chi connectivity index (χ1n) is 7.98. The highest BCUT2D eigenvalue weighted by molar-refractivity contribution is 6.31. The Hall–Kier alpha value is -2.93. The van der Waals surface area contributed by atoms with E-state index in [4.69, 9.17) is 11.6 Å². The predicted molar refractivity (Wildman–Crippen MR) is 97.3 cm³/mol. The van der Waals surface area contributed by atoms with Crippen molar-refractivity contribution in [3.8, 4) is 0 Å². The summed E-state index contributed by atoms with van der Waals surface area (Å²) in [6, 6.07) is 9.27. The fourth-order valence-electron chi connectivity index (χ4n) is 2.95. The molecule has 0 saturated carbocycles. The molecule has 0 spiro atoms. The number of hydrogen-bond acceptors (Lipinski definition) is 4. The zero-order chi connectivity index (χ0) is 18.8. The number of nitro benzene ring substituents is 1. The molecule has 2 aromatic rings. The quantitative estimate of drug-likeness (QED) is 0.659. The lowest BCUT2D eigenvalue weighted by molar-refractivity contribution is -0.385. The zero-order valence-corrected chi connectivity index (χ0v) is 14.7. The first-order chi connectivity index (χ1) is 12.3. The van der Waals surface area contributed by atoms with Gasteiger partial charge in [0.25, 0.3) is 11.6 Å². The molecule has 1 N–H and O–H groups in total. The molecule has 0 bridgehead atoms. The first kappa shape index (κ1) is 17.9. The molecule has 0 aliphatic carbocycles. The molecule has 3 rings (SSSR count). The van der Waals surface area contributed by atoms with Crippen LogP contribution in [-0.4, -0.2) is 28.2 Å². The van der Waals surface area contributed by atoms with E-state index in [-0.39, 0.29) is 22.2 Å². The average molecular weight is 374 g/mol. The molecular weight excluding hydrogens is 358 g/mol. The van der Waals surface area contributed by atoms with Crippen LogP contribution in [0, 0.1) is 10.1 Å². The van der Waals surface area contributed by atoms with E-state index in [9.17, 15) is 19.7 Å². The van der Waals surface area contributed by atoms with Gasteiger partial charge in [0, 0.05) is 36.8 Å². The second kappa shape index (κ2) is 7.13. The first-order valence-corrected chi connectivity index (χ1v) is 8.35. The van der Waals surface area contributed by atoms with Crippen LogP contribution in [0.1, 0.15) is 28.4 Å². The second-order valence-corrected chi connectivity index (χ2v) is 6.48. The van der Waals surface area contributed by atoms with E-state index in [1.54, 1.807) is 17.0 Å². The summed E-state index contributed by atoms with van der Waals surface area (Å²) in [6.07, 6.45) is 0.753. The molecule has 1 aliphatic heterocycles. The van der Waals surface area contributed by atoms with E-state index >= 15 is 0 Å². The maximum Gasteiger partial charge on any atom is 0.282 e. The van der Waals surface area contributed by atoms with Gasteiger partial charge in [0.2, 0.25) is 5.91 Å². The number of nitrogens with one attached hydrogen (secondary N) is 1. The van der Waals surface area contributed by atoms with Crippen molar-refractivity contribution in [1.82, 2.24) is 4.90 Å². The van der Waals surface area contributed by atoms with Crippen molar-refractivity contribution in [2.45, 2.75) is 19.9 Å². The minimum Gasteiger partial charge on any atom is -0.338 e. The minimum atomic E-state index is -0.622. The van der Waals surface area contributed by atoms with E-state index in [0.29, 0.717) is 18.8 Å². The predicted octanol–water partition coefficient (Wildman–Crippen LogP) is 3.41. The Kier molecular flexibility index (Phi) is 4.90. The number of hydrogen-bond donors (Lipinski definition) is 1. The van der Waals surface area contributed by atoms with Crippen LogP contribution in [0.4, 0.5) is 11.4 Å². The number of fused-ring (bicyclic) bond motifs is 1. The molecule has 0 aromatic heterocycles. The average Bonchev–Trinajstić information content (AvgIpc) is 2.60. The number of nitrogens with zero attached hydrogens (tertiary/aromatic N) is 2.